The third-order valence-corrected chi connectivity index (χ3v) is 5.16. The van der Waals surface area contributed by atoms with Gasteiger partial charge in [0.15, 0.2) is 0 Å². The number of aryl methyl sites for hydroxylation is 1. The minimum atomic E-state index is -0.708. The van der Waals surface area contributed by atoms with Gasteiger partial charge in [0.1, 0.15) is 18.3 Å². The maximum absolute atomic E-state index is 13.5. The maximum atomic E-state index is 13.5. The lowest BCUT2D eigenvalue weighted by Gasteiger charge is -2.33. The number of benzene rings is 2. The predicted octanol–water partition coefficient (Wildman–Crippen LogP) is 3.38. The fraction of sp³-hybridized carbons (Fsp3) is 0.400. The number of rotatable bonds is 8. The molecule has 0 aliphatic rings. The van der Waals surface area contributed by atoms with Crippen LogP contribution in [0.1, 0.15) is 39.7 Å². The normalized spacial score (nSPS) is 12.2. The van der Waals surface area contributed by atoms with Gasteiger partial charge in [0.2, 0.25) is 11.7 Å². The highest BCUT2D eigenvalue weighted by Gasteiger charge is 2.32. The van der Waals surface area contributed by atoms with E-state index in [0.717, 1.165) is 11.1 Å². The molecule has 0 bridgehead atoms. The molecule has 2 amide bonds. The van der Waals surface area contributed by atoms with Crippen molar-refractivity contribution >= 4 is 17.5 Å². The summed E-state index contributed by atoms with van der Waals surface area (Å²) in [5.74, 6) is 0.533. The standard InChI is InChI=1S/C25H32N6O3/c1-7-21(24(33)26-25(3,4)5)31(19-12-14-20(34-6)15-13-19)22(32)16-30-28-23(27-29-30)18-10-8-17(2)9-11-18/h8-15,21H,7,16H2,1-6H3,(H,26,33). The first-order valence-corrected chi connectivity index (χ1v) is 11.2. The average Bonchev–Trinajstić information content (AvgIpc) is 3.25. The second-order valence-corrected chi connectivity index (χ2v) is 9.13. The Kier molecular flexibility index (Phi) is 7.65. The summed E-state index contributed by atoms with van der Waals surface area (Å²) in [5.41, 5.74) is 2.09. The van der Waals surface area contributed by atoms with Crippen molar-refractivity contribution in [2.24, 2.45) is 0 Å². The Hall–Kier alpha value is -3.75. The van der Waals surface area contributed by atoms with E-state index in [1.807, 2.05) is 58.9 Å². The van der Waals surface area contributed by atoms with E-state index in [2.05, 4.69) is 20.7 Å². The number of aromatic nitrogens is 4. The molecule has 0 spiro atoms. The number of hydrogen-bond acceptors (Lipinski definition) is 6. The monoisotopic (exact) mass is 464 g/mol. The SMILES string of the molecule is CCC(C(=O)NC(C)(C)C)N(C(=O)Cn1nnc(-c2ccc(C)cc2)n1)c1ccc(OC)cc1. The number of nitrogens with one attached hydrogen (secondary N) is 1. The van der Waals surface area contributed by atoms with Crippen LogP contribution < -0.4 is 15.0 Å². The summed E-state index contributed by atoms with van der Waals surface area (Å²) in [6.07, 6.45) is 0.430. The summed E-state index contributed by atoms with van der Waals surface area (Å²) in [6, 6.07) is 14.1. The lowest BCUT2D eigenvalue weighted by Crippen LogP contribution is -2.54. The van der Waals surface area contributed by atoms with E-state index in [1.165, 1.54) is 9.70 Å². The molecular weight excluding hydrogens is 432 g/mol. The molecule has 9 heteroatoms. The number of tetrazole rings is 1. The van der Waals surface area contributed by atoms with Gasteiger partial charge in [-0.25, -0.2) is 0 Å². The summed E-state index contributed by atoms with van der Waals surface area (Å²) >= 11 is 0. The van der Waals surface area contributed by atoms with E-state index in [4.69, 9.17) is 4.74 Å². The summed E-state index contributed by atoms with van der Waals surface area (Å²) in [7, 11) is 1.57. The molecule has 1 N–H and O–H groups in total. The lowest BCUT2D eigenvalue weighted by molar-refractivity contribution is -0.128. The molecule has 0 aliphatic heterocycles. The van der Waals surface area contributed by atoms with Gasteiger partial charge in [-0.15, -0.1) is 10.2 Å². The number of amides is 2. The maximum Gasteiger partial charge on any atom is 0.251 e. The Morgan fingerprint density at radius 1 is 1.09 bits per heavy atom. The molecule has 0 aliphatic carbocycles. The van der Waals surface area contributed by atoms with Gasteiger partial charge in [0.25, 0.3) is 5.91 Å². The first-order valence-electron chi connectivity index (χ1n) is 11.2. The van der Waals surface area contributed by atoms with E-state index in [1.54, 1.807) is 31.4 Å². The van der Waals surface area contributed by atoms with Crippen molar-refractivity contribution in [1.82, 2.24) is 25.5 Å². The molecule has 0 radical (unpaired) electrons. The van der Waals surface area contributed by atoms with Crippen LogP contribution in [-0.2, 0) is 16.1 Å². The van der Waals surface area contributed by atoms with Crippen LogP contribution in [0.4, 0.5) is 5.69 Å². The smallest absolute Gasteiger partial charge is 0.251 e. The third-order valence-electron chi connectivity index (χ3n) is 5.16. The molecule has 3 rings (SSSR count). The van der Waals surface area contributed by atoms with Gasteiger partial charge in [-0.3, -0.25) is 14.5 Å². The molecule has 0 saturated heterocycles. The number of nitrogens with zero attached hydrogens (tertiary/aromatic N) is 5. The fourth-order valence-electron chi connectivity index (χ4n) is 3.50. The van der Waals surface area contributed by atoms with Gasteiger partial charge in [0, 0.05) is 16.8 Å². The Morgan fingerprint density at radius 2 is 1.74 bits per heavy atom. The zero-order valence-electron chi connectivity index (χ0n) is 20.6. The van der Waals surface area contributed by atoms with Crippen molar-refractivity contribution < 1.29 is 14.3 Å². The number of carbonyl (C=O) groups excluding carboxylic acids is 2. The molecule has 0 fully saturated rings. The van der Waals surface area contributed by atoms with Crippen molar-refractivity contribution in [1.29, 1.82) is 0 Å². The Bertz CT molecular complexity index is 1120. The van der Waals surface area contributed by atoms with Crippen molar-refractivity contribution in [3.05, 3.63) is 54.1 Å². The highest BCUT2D eigenvalue weighted by molar-refractivity contribution is 6.00. The van der Waals surface area contributed by atoms with Gasteiger partial charge in [0.05, 0.1) is 7.11 Å². The number of hydrogen-bond donors (Lipinski definition) is 1. The average molecular weight is 465 g/mol. The lowest BCUT2D eigenvalue weighted by atomic mass is 10.1. The van der Waals surface area contributed by atoms with E-state index in [9.17, 15) is 9.59 Å². The molecule has 1 atom stereocenters. The first kappa shape index (κ1) is 24.9. The van der Waals surface area contributed by atoms with Gasteiger partial charge in [-0.2, -0.15) is 4.80 Å². The Balaban J connectivity index is 1.89. The quantitative estimate of drug-likeness (QED) is 0.548. The highest BCUT2D eigenvalue weighted by atomic mass is 16.5. The zero-order chi connectivity index (χ0) is 24.9. The van der Waals surface area contributed by atoms with Crippen molar-refractivity contribution in [2.45, 2.75) is 59.2 Å². The Morgan fingerprint density at radius 3 is 2.29 bits per heavy atom. The molecule has 1 heterocycles. The summed E-state index contributed by atoms with van der Waals surface area (Å²) < 4.78 is 5.24. The first-order chi connectivity index (χ1) is 16.1. The minimum Gasteiger partial charge on any atom is -0.497 e. The summed E-state index contributed by atoms with van der Waals surface area (Å²) in [6.45, 7) is 9.43. The number of methoxy groups -OCH3 is 1. The van der Waals surface area contributed by atoms with Crippen LogP contribution in [0.5, 0.6) is 5.75 Å². The van der Waals surface area contributed by atoms with Crippen LogP contribution in [0.2, 0.25) is 0 Å². The number of carbonyl (C=O) groups is 2. The minimum absolute atomic E-state index is 0.163. The fourth-order valence-corrected chi connectivity index (χ4v) is 3.50. The number of anilines is 1. The molecular formula is C25H32N6O3. The van der Waals surface area contributed by atoms with Crippen LogP contribution in [0.3, 0.4) is 0 Å². The van der Waals surface area contributed by atoms with Crippen LogP contribution >= 0.6 is 0 Å². The van der Waals surface area contributed by atoms with E-state index in [-0.39, 0.29) is 18.4 Å². The van der Waals surface area contributed by atoms with Crippen LogP contribution in [0.25, 0.3) is 11.4 Å². The molecule has 0 saturated carbocycles. The van der Waals surface area contributed by atoms with Gasteiger partial charge in [-0.05, 0) is 63.6 Å². The molecule has 2 aromatic carbocycles. The van der Waals surface area contributed by atoms with Crippen molar-refractivity contribution in [2.75, 3.05) is 12.0 Å². The van der Waals surface area contributed by atoms with E-state index >= 15 is 0 Å². The van der Waals surface area contributed by atoms with Gasteiger partial charge in [-0.1, -0.05) is 36.8 Å². The molecule has 1 unspecified atom stereocenters. The van der Waals surface area contributed by atoms with Crippen LogP contribution in [0.15, 0.2) is 48.5 Å². The Labute approximate surface area is 200 Å². The van der Waals surface area contributed by atoms with E-state index in [0.29, 0.717) is 23.7 Å². The van der Waals surface area contributed by atoms with Crippen LogP contribution in [-0.4, -0.2) is 50.7 Å². The summed E-state index contributed by atoms with van der Waals surface area (Å²) in [5, 5.41) is 15.5. The largest absolute Gasteiger partial charge is 0.497 e. The molecule has 34 heavy (non-hydrogen) atoms. The molecule has 9 nitrogen and oxygen atoms in total. The number of ether oxygens (including phenoxy) is 1. The second kappa shape index (κ2) is 10.5. The predicted molar refractivity (Wildman–Crippen MR) is 130 cm³/mol. The molecule has 1 aromatic heterocycles. The van der Waals surface area contributed by atoms with Gasteiger partial charge >= 0.3 is 0 Å². The second-order valence-electron chi connectivity index (χ2n) is 9.13. The third kappa shape index (κ3) is 6.18. The molecule has 180 valence electrons. The molecule has 3 aromatic rings. The van der Waals surface area contributed by atoms with Crippen molar-refractivity contribution in [3.8, 4) is 17.1 Å². The summed E-state index contributed by atoms with van der Waals surface area (Å²) in [4.78, 5) is 29.4. The topological polar surface area (TPSA) is 102 Å². The van der Waals surface area contributed by atoms with Crippen molar-refractivity contribution in [3.63, 3.8) is 0 Å². The van der Waals surface area contributed by atoms with Gasteiger partial charge < -0.3 is 10.1 Å². The van der Waals surface area contributed by atoms with Crippen LogP contribution in [0, 0.1) is 6.92 Å². The highest BCUT2D eigenvalue weighted by Crippen LogP contribution is 2.24. The zero-order valence-corrected chi connectivity index (χ0v) is 20.6. The van der Waals surface area contributed by atoms with E-state index < -0.39 is 11.6 Å².